The largest absolute Gasteiger partial charge is 0.322 e. The van der Waals surface area contributed by atoms with E-state index in [1.807, 2.05) is 0 Å². The van der Waals surface area contributed by atoms with Crippen molar-refractivity contribution in [2.75, 3.05) is 32.7 Å². The number of carbonyl (C=O) groups excluding carboxylic acids is 1. The number of amides is 2. The molecular weight excluding hydrogens is 500 g/mol. The first-order chi connectivity index (χ1) is 18.8. The monoisotopic (exact) mass is 551 g/mol. The molecule has 10 heteroatoms. The third-order valence-electron chi connectivity index (χ3n) is 11.0. The second kappa shape index (κ2) is 11.7. The fourth-order valence-electron chi connectivity index (χ4n) is 9.16. The number of urea groups is 1. The van der Waals surface area contributed by atoms with Crippen molar-refractivity contribution in [3.05, 3.63) is 0 Å². The Labute approximate surface area is 233 Å². The molecule has 5 aliphatic heterocycles. The molecule has 12 atom stereocenters. The number of piperazine rings is 1. The number of hydrogen-bond acceptors (Lipinski definition) is 6. The number of hydrogen-bond donors (Lipinski definition) is 5. The number of piperidine rings is 2. The molecule has 1 saturated carbocycles. The summed E-state index contributed by atoms with van der Waals surface area (Å²) in [5.74, 6) is 0.201. The summed E-state index contributed by atoms with van der Waals surface area (Å²) in [6.45, 7) is 11.0. The van der Waals surface area contributed by atoms with E-state index in [-0.39, 0.29) is 48.4 Å². The van der Waals surface area contributed by atoms with E-state index in [1.165, 1.54) is 0 Å². The Morgan fingerprint density at radius 2 is 1.79 bits per heavy atom. The third-order valence-corrected chi connectivity index (χ3v) is 11.0. The first-order valence-electron chi connectivity index (χ1n) is 15.9. The van der Waals surface area contributed by atoms with Crippen LogP contribution in [0.25, 0.3) is 0 Å². The first kappa shape index (κ1) is 28.1. The average molecular weight is 552 g/mol. The molecule has 8 nitrogen and oxygen atoms in total. The van der Waals surface area contributed by atoms with E-state index < -0.39 is 24.3 Å². The number of nitrogens with zero attached hydrogens (tertiary/aromatic N) is 2. The Morgan fingerprint density at radius 1 is 0.949 bits per heavy atom. The van der Waals surface area contributed by atoms with E-state index in [4.69, 9.17) is 0 Å². The lowest BCUT2D eigenvalue weighted by Gasteiger charge is -2.60. The molecule has 0 aromatic rings. The van der Waals surface area contributed by atoms with Crippen LogP contribution in [0.2, 0.25) is 0 Å². The lowest BCUT2D eigenvalue weighted by atomic mass is 9.71. The molecule has 6 fully saturated rings. The molecule has 39 heavy (non-hydrogen) atoms. The zero-order chi connectivity index (χ0) is 27.3. The molecule has 2 bridgehead atoms. The van der Waals surface area contributed by atoms with Crippen LogP contribution >= 0.6 is 0 Å². The summed E-state index contributed by atoms with van der Waals surface area (Å²) in [5, 5.41) is 18.0. The van der Waals surface area contributed by atoms with E-state index in [9.17, 15) is 4.79 Å². The smallest absolute Gasteiger partial charge is 0.320 e. The topological polar surface area (TPSA) is 83.7 Å². The van der Waals surface area contributed by atoms with E-state index in [1.54, 1.807) is 0 Å². The van der Waals surface area contributed by atoms with Crippen molar-refractivity contribution >= 4 is 6.03 Å². The van der Waals surface area contributed by atoms with Crippen LogP contribution < -0.4 is 26.6 Å². The molecule has 0 radical (unpaired) electrons. The number of halogens is 2. The third kappa shape index (κ3) is 5.22. The Bertz CT molecular complexity index is 865. The average Bonchev–Trinajstić information content (AvgIpc) is 2.91. The number of rotatable bonds is 2. The number of alkyl halides is 2. The molecule has 222 valence electrons. The highest BCUT2D eigenvalue weighted by Crippen LogP contribution is 2.42. The zero-order valence-electron chi connectivity index (χ0n) is 24.0. The molecule has 6 rings (SSSR count). The van der Waals surface area contributed by atoms with Crippen molar-refractivity contribution in [3.8, 4) is 0 Å². The Kier molecular flexibility index (Phi) is 8.40. The maximum Gasteiger partial charge on any atom is 0.320 e. The van der Waals surface area contributed by atoms with E-state index >= 15 is 8.78 Å². The van der Waals surface area contributed by atoms with Crippen molar-refractivity contribution in [1.29, 1.82) is 0 Å². The molecule has 6 aliphatic rings. The Hall–Kier alpha value is -1.07. The molecule has 0 aromatic carbocycles. The molecule has 5 saturated heterocycles. The van der Waals surface area contributed by atoms with Crippen LogP contribution in [0.4, 0.5) is 13.6 Å². The van der Waals surface area contributed by atoms with Gasteiger partial charge in [-0.1, -0.05) is 13.8 Å². The van der Waals surface area contributed by atoms with Crippen LogP contribution in [0.1, 0.15) is 65.7 Å². The molecule has 2 amide bonds. The van der Waals surface area contributed by atoms with Gasteiger partial charge in [0, 0.05) is 55.6 Å². The maximum absolute atomic E-state index is 16.4. The van der Waals surface area contributed by atoms with Gasteiger partial charge >= 0.3 is 6.03 Å². The fraction of sp³-hybridized carbons (Fsp3) is 0.966. The molecule has 1 aliphatic carbocycles. The van der Waals surface area contributed by atoms with Gasteiger partial charge < -0.3 is 26.2 Å². The summed E-state index contributed by atoms with van der Waals surface area (Å²) in [6.07, 6.45) is 2.89. The summed E-state index contributed by atoms with van der Waals surface area (Å²) < 4.78 is 32.0. The normalized spacial score (nSPS) is 47.8. The minimum atomic E-state index is -1.15. The number of carbonyl (C=O) groups is 1. The van der Waals surface area contributed by atoms with Gasteiger partial charge in [0.15, 0.2) is 0 Å². The number of fused-ring (bicyclic) bond motifs is 5. The first-order valence-corrected chi connectivity index (χ1v) is 15.9. The highest BCUT2D eigenvalue weighted by atomic mass is 19.1. The van der Waals surface area contributed by atoms with Gasteiger partial charge in [-0.15, -0.1) is 0 Å². The van der Waals surface area contributed by atoms with Gasteiger partial charge in [-0.05, 0) is 76.8 Å². The minimum Gasteiger partial charge on any atom is -0.322 e. The summed E-state index contributed by atoms with van der Waals surface area (Å²) in [7, 11) is 0. The Morgan fingerprint density at radius 3 is 2.59 bits per heavy atom. The summed E-state index contributed by atoms with van der Waals surface area (Å²) in [4.78, 5) is 18.7. The predicted molar refractivity (Wildman–Crippen MR) is 149 cm³/mol. The van der Waals surface area contributed by atoms with Crippen LogP contribution in [0.15, 0.2) is 0 Å². The summed E-state index contributed by atoms with van der Waals surface area (Å²) >= 11 is 0. The molecule has 5 N–H and O–H groups in total. The summed E-state index contributed by atoms with van der Waals surface area (Å²) in [5.41, 5.74) is 0. The van der Waals surface area contributed by atoms with Crippen molar-refractivity contribution in [2.45, 2.75) is 121 Å². The lowest BCUT2D eigenvalue weighted by molar-refractivity contribution is -0.0930. The molecular formula is C29H51F2N7O. The predicted octanol–water partition coefficient (Wildman–Crippen LogP) is 2.17. The molecule has 0 spiro atoms. The standard InChI is InChI=1S/C29H51F2N7O/c1-16(2)24-26-18(9-11-34-24)6-5-10-33-22-8-4-7-20(30)23(22)25-21(31)14-19-27(37-13-12-32-15-17(37)3)36-29(39)38(26)28(19)35-25/h16-28,32-35H,4-15H2,1-3H3,(H,36,39)/t17-,18?,19?,20?,21?,22?,23?,24?,25?,26?,27?,28?/m0/s1. The van der Waals surface area contributed by atoms with Crippen molar-refractivity contribution in [1.82, 2.24) is 36.4 Å². The highest BCUT2D eigenvalue weighted by Gasteiger charge is 2.57. The SMILES string of the molecule is CC(C)C1NCCC2CCCNC3CCCC(F)C3C3NC4C(CC3F)C(N3CCNC[C@@H]3C)NC(=O)N4C21. The second-order valence-electron chi connectivity index (χ2n) is 13.6. The minimum absolute atomic E-state index is 0.0136. The van der Waals surface area contributed by atoms with Gasteiger partial charge in [0.25, 0.3) is 0 Å². The van der Waals surface area contributed by atoms with Crippen LogP contribution in [0.5, 0.6) is 0 Å². The van der Waals surface area contributed by atoms with Crippen LogP contribution in [-0.2, 0) is 0 Å². The Balaban J connectivity index is 1.41. The van der Waals surface area contributed by atoms with Crippen LogP contribution in [-0.4, -0.2) is 103 Å². The highest BCUT2D eigenvalue weighted by molar-refractivity contribution is 5.76. The van der Waals surface area contributed by atoms with Gasteiger partial charge in [0.1, 0.15) is 12.3 Å². The van der Waals surface area contributed by atoms with Crippen LogP contribution in [0.3, 0.4) is 0 Å². The van der Waals surface area contributed by atoms with E-state index in [0.717, 1.165) is 64.8 Å². The van der Waals surface area contributed by atoms with Crippen molar-refractivity contribution in [2.24, 2.45) is 23.7 Å². The van der Waals surface area contributed by atoms with Gasteiger partial charge in [-0.3, -0.25) is 10.2 Å². The maximum atomic E-state index is 16.4. The lowest BCUT2D eigenvalue weighted by Crippen LogP contribution is -2.80. The number of nitrogens with one attached hydrogen (secondary N) is 5. The van der Waals surface area contributed by atoms with Crippen molar-refractivity contribution in [3.63, 3.8) is 0 Å². The second-order valence-corrected chi connectivity index (χ2v) is 13.6. The molecule has 0 aromatic heterocycles. The van der Waals surface area contributed by atoms with Crippen LogP contribution in [0, 0.1) is 23.7 Å². The quantitative estimate of drug-likeness (QED) is 0.362. The van der Waals surface area contributed by atoms with Gasteiger partial charge in [-0.2, -0.15) is 0 Å². The van der Waals surface area contributed by atoms with E-state index in [2.05, 4.69) is 57.2 Å². The fourth-order valence-corrected chi connectivity index (χ4v) is 9.16. The molecule has 5 heterocycles. The molecule has 11 unspecified atom stereocenters. The van der Waals surface area contributed by atoms with Crippen molar-refractivity contribution < 1.29 is 13.6 Å². The summed E-state index contributed by atoms with van der Waals surface area (Å²) in [6, 6.07) is -0.248. The van der Waals surface area contributed by atoms with Gasteiger partial charge in [0.2, 0.25) is 0 Å². The van der Waals surface area contributed by atoms with Gasteiger partial charge in [0.05, 0.1) is 18.4 Å². The van der Waals surface area contributed by atoms with E-state index in [0.29, 0.717) is 24.7 Å². The zero-order valence-corrected chi connectivity index (χ0v) is 24.0. The van der Waals surface area contributed by atoms with Gasteiger partial charge in [-0.25, -0.2) is 13.6 Å².